The lowest BCUT2D eigenvalue weighted by molar-refractivity contribution is -0.126. The molecular weight excluding hydrogens is 306 g/mol. The summed E-state index contributed by atoms with van der Waals surface area (Å²) in [6.07, 6.45) is 3.42. The third-order valence-electron chi connectivity index (χ3n) is 5.30. The van der Waals surface area contributed by atoms with Crippen molar-refractivity contribution in [2.45, 2.75) is 31.2 Å². The molecule has 1 unspecified atom stereocenters. The first-order valence-electron chi connectivity index (χ1n) is 8.79. The lowest BCUT2D eigenvalue weighted by Crippen LogP contribution is -2.56. The summed E-state index contributed by atoms with van der Waals surface area (Å²) in [4.78, 5) is 19.3. The summed E-state index contributed by atoms with van der Waals surface area (Å²) in [5.74, 6) is 1.49. The van der Waals surface area contributed by atoms with E-state index in [-0.39, 0.29) is 11.8 Å². The molecule has 1 N–H and O–H groups in total. The van der Waals surface area contributed by atoms with Gasteiger partial charge in [0.05, 0.1) is 12.5 Å². The summed E-state index contributed by atoms with van der Waals surface area (Å²) in [5.41, 5.74) is 2.41. The highest BCUT2D eigenvalue weighted by molar-refractivity contribution is 5.95. The largest absolute Gasteiger partial charge is 0.440 e. The lowest BCUT2D eigenvalue weighted by atomic mass is 9.96. The van der Waals surface area contributed by atoms with Gasteiger partial charge in [0, 0.05) is 43.4 Å². The van der Waals surface area contributed by atoms with Gasteiger partial charge in [0.15, 0.2) is 11.5 Å². The van der Waals surface area contributed by atoms with Gasteiger partial charge < -0.3 is 14.5 Å². The Hall–Kier alpha value is -1.92. The Morgan fingerprint density at radius 2 is 2.12 bits per heavy atom. The number of likely N-dealkylation sites (tertiary alicyclic amines) is 1. The van der Waals surface area contributed by atoms with Crippen LogP contribution < -0.4 is 5.32 Å². The van der Waals surface area contributed by atoms with Crippen molar-refractivity contribution >= 4 is 22.7 Å². The van der Waals surface area contributed by atoms with Gasteiger partial charge in [-0.05, 0) is 31.4 Å². The summed E-state index contributed by atoms with van der Waals surface area (Å²) in [7, 11) is 0. The molecule has 24 heavy (non-hydrogen) atoms. The fraction of sp³-hybridized carbons (Fsp3) is 0.556. The van der Waals surface area contributed by atoms with Crippen LogP contribution in [0.5, 0.6) is 0 Å². The van der Waals surface area contributed by atoms with Crippen LogP contribution >= 0.6 is 0 Å². The van der Waals surface area contributed by atoms with E-state index >= 15 is 0 Å². The Morgan fingerprint density at radius 1 is 1.25 bits per heavy atom. The van der Waals surface area contributed by atoms with Crippen molar-refractivity contribution < 1.29 is 13.9 Å². The average molecular weight is 327 g/mol. The number of hydrogen-bond acceptors (Lipinski definition) is 5. The maximum absolute atomic E-state index is 12.4. The van der Waals surface area contributed by atoms with Crippen LogP contribution in [0.4, 0.5) is 5.69 Å². The Balaban J connectivity index is 1.22. The molecule has 126 valence electrons. The molecule has 3 heterocycles. The molecule has 1 amide bonds. The fourth-order valence-corrected chi connectivity index (χ4v) is 3.56. The molecule has 5 rings (SSSR count). The van der Waals surface area contributed by atoms with Crippen LogP contribution in [-0.4, -0.2) is 48.1 Å². The summed E-state index contributed by atoms with van der Waals surface area (Å²) in [6, 6.07) is 6.21. The third kappa shape index (κ3) is 2.59. The highest BCUT2D eigenvalue weighted by Crippen LogP contribution is 2.40. The van der Waals surface area contributed by atoms with E-state index in [0.717, 1.165) is 55.4 Å². The highest BCUT2D eigenvalue weighted by atomic mass is 16.5. The molecule has 0 radical (unpaired) electrons. The Labute approximate surface area is 140 Å². The number of fused-ring (bicyclic) bond motifs is 1. The molecule has 2 aromatic rings. The van der Waals surface area contributed by atoms with Crippen molar-refractivity contribution in [1.29, 1.82) is 0 Å². The van der Waals surface area contributed by atoms with Gasteiger partial charge in [-0.1, -0.05) is 0 Å². The first-order chi connectivity index (χ1) is 11.8. The number of nitrogens with zero attached hydrogens (tertiary/aromatic N) is 2. The average Bonchev–Trinajstić information content (AvgIpc) is 3.07. The number of ether oxygens (including phenoxy) is 1. The molecule has 1 aliphatic carbocycles. The minimum Gasteiger partial charge on any atom is -0.440 e. The highest BCUT2D eigenvalue weighted by Gasteiger charge is 2.38. The minimum atomic E-state index is 0.0676. The molecule has 2 saturated heterocycles. The summed E-state index contributed by atoms with van der Waals surface area (Å²) >= 11 is 0. The van der Waals surface area contributed by atoms with Gasteiger partial charge in [0.25, 0.3) is 0 Å². The number of nitrogens with one attached hydrogen (secondary N) is 1. The SMILES string of the molecule is O=C(Nc1ccc2nc(C3CC3)oc2c1)C1CN(C2CCOC2)C1. The molecular formula is C18H21N3O3. The zero-order chi connectivity index (χ0) is 16.1. The maximum Gasteiger partial charge on any atom is 0.230 e. The predicted octanol–water partition coefficient (Wildman–Crippen LogP) is 2.36. The molecule has 3 fully saturated rings. The van der Waals surface area contributed by atoms with E-state index in [1.165, 1.54) is 12.8 Å². The standard InChI is InChI=1S/C18H21N3O3/c22-17(12-8-21(9-12)14-5-6-23-10-14)19-13-3-4-15-16(7-13)24-18(20-15)11-1-2-11/h3-4,7,11-12,14H,1-2,5-6,8-10H2,(H,19,22). The van der Waals surface area contributed by atoms with E-state index in [0.29, 0.717) is 12.0 Å². The van der Waals surface area contributed by atoms with Crippen LogP contribution in [0, 0.1) is 5.92 Å². The summed E-state index contributed by atoms with van der Waals surface area (Å²) in [6.45, 7) is 3.31. The zero-order valence-corrected chi connectivity index (χ0v) is 13.5. The van der Waals surface area contributed by atoms with E-state index in [1.807, 2.05) is 18.2 Å². The van der Waals surface area contributed by atoms with Crippen LogP contribution in [-0.2, 0) is 9.53 Å². The van der Waals surface area contributed by atoms with E-state index in [4.69, 9.17) is 9.15 Å². The van der Waals surface area contributed by atoms with Gasteiger partial charge in [-0.15, -0.1) is 0 Å². The van der Waals surface area contributed by atoms with Gasteiger partial charge in [0.1, 0.15) is 5.52 Å². The van der Waals surface area contributed by atoms with Gasteiger partial charge in [-0.2, -0.15) is 0 Å². The lowest BCUT2D eigenvalue weighted by Gasteiger charge is -2.41. The summed E-state index contributed by atoms with van der Waals surface area (Å²) in [5, 5.41) is 3.02. The van der Waals surface area contributed by atoms with Crippen LogP contribution in [0.15, 0.2) is 22.6 Å². The van der Waals surface area contributed by atoms with E-state index in [2.05, 4.69) is 15.2 Å². The maximum atomic E-state index is 12.4. The quantitative estimate of drug-likeness (QED) is 0.934. The number of anilines is 1. The van der Waals surface area contributed by atoms with Crippen LogP contribution in [0.3, 0.4) is 0 Å². The molecule has 6 heteroatoms. The van der Waals surface area contributed by atoms with Crippen LogP contribution in [0.1, 0.15) is 31.1 Å². The first kappa shape index (κ1) is 14.4. The molecule has 0 bridgehead atoms. The fourth-order valence-electron chi connectivity index (χ4n) is 3.56. The van der Waals surface area contributed by atoms with E-state index < -0.39 is 0 Å². The monoisotopic (exact) mass is 327 g/mol. The molecule has 1 atom stereocenters. The van der Waals surface area contributed by atoms with Crippen molar-refractivity contribution in [3.05, 3.63) is 24.1 Å². The topological polar surface area (TPSA) is 67.6 Å². The molecule has 0 spiro atoms. The number of hydrogen-bond donors (Lipinski definition) is 1. The first-order valence-corrected chi connectivity index (χ1v) is 8.79. The van der Waals surface area contributed by atoms with Crippen molar-refractivity contribution in [3.8, 4) is 0 Å². The molecule has 2 aliphatic heterocycles. The number of rotatable bonds is 4. The van der Waals surface area contributed by atoms with Gasteiger partial charge in [-0.25, -0.2) is 4.98 Å². The van der Waals surface area contributed by atoms with E-state index in [1.54, 1.807) is 0 Å². The number of carbonyl (C=O) groups excluding carboxylic acids is 1. The Kier molecular flexibility index (Phi) is 3.35. The van der Waals surface area contributed by atoms with Gasteiger partial charge >= 0.3 is 0 Å². The van der Waals surface area contributed by atoms with Crippen molar-refractivity contribution in [2.24, 2.45) is 5.92 Å². The number of oxazole rings is 1. The van der Waals surface area contributed by atoms with Gasteiger partial charge in [0.2, 0.25) is 5.91 Å². The van der Waals surface area contributed by atoms with E-state index in [9.17, 15) is 4.79 Å². The summed E-state index contributed by atoms with van der Waals surface area (Å²) < 4.78 is 11.2. The third-order valence-corrected chi connectivity index (χ3v) is 5.30. The van der Waals surface area contributed by atoms with Crippen LogP contribution in [0.2, 0.25) is 0 Å². The molecule has 3 aliphatic rings. The molecule has 1 saturated carbocycles. The van der Waals surface area contributed by atoms with Crippen molar-refractivity contribution in [2.75, 3.05) is 31.6 Å². The van der Waals surface area contributed by atoms with Crippen molar-refractivity contribution in [3.63, 3.8) is 0 Å². The van der Waals surface area contributed by atoms with Gasteiger partial charge in [-0.3, -0.25) is 9.69 Å². The number of benzene rings is 1. The smallest absolute Gasteiger partial charge is 0.230 e. The second-order valence-corrected chi connectivity index (χ2v) is 7.17. The number of amides is 1. The second-order valence-electron chi connectivity index (χ2n) is 7.17. The molecule has 1 aromatic heterocycles. The predicted molar refractivity (Wildman–Crippen MR) is 88.9 cm³/mol. The Morgan fingerprint density at radius 3 is 2.88 bits per heavy atom. The van der Waals surface area contributed by atoms with Crippen LogP contribution in [0.25, 0.3) is 11.1 Å². The molecule has 6 nitrogen and oxygen atoms in total. The number of aromatic nitrogens is 1. The normalized spacial score (nSPS) is 25.1. The molecule has 1 aromatic carbocycles. The minimum absolute atomic E-state index is 0.0676. The Bertz CT molecular complexity index is 771. The zero-order valence-electron chi connectivity index (χ0n) is 13.5. The second kappa shape index (κ2) is 5.57. The number of carbonyl (C=O) groups is 1. The van der Waals surface area contributed by atoms with Crippen molar-refractivity contribution in [1.82, 2.24) is 9.88 Å².